The molecule has 0 aliphatic heterocycles. The molecular weight excluding hydrogens is 2080 g/mol. The van der Waals surface area contributed by atoms with Crippen LogP contribution < -0.4 is 1680 Å². The Balaban J connectivity index is -0.00000000177. The molecule has 16 N–H and O–H groups in total. The van der Waals surface area contributed by atoms with Crippen molar-refractivity contribution in [1.82, 2.24) is 0 Å². The third-order valence-electron chi connectivity index (χ3n) is 0. The first-order valence-electron chi connectivity index (χ1n) is 5.59. The molecule has 0 aliphatic rings. The Morgan fingerprint density at radius 1 is 0.0722 bits per heavy atom. The Labute approximate surface area is 1840 Å². The van der Waals surface area contributed by atoms with Gasteiger partial charge in [-0.25, -0.2) is 0 Å². The molecule has 256 valence electrons. The smallest absolute Gasteiger partial charge is 0.264 e. The summed E-state index contributed by atoms with van der Waals surface area (Å²) in [5.41, 5.74) is 0. The maximum Gasteiger partial charge on any atom is 1.00 e. The molecule has 0 radical (unpaired) electrons. The van der Waals surface area contributed by atoms with E-state index in [1.165, 1.54) is 0 Å². The topological polar surface area (TPSA) is 597 Å². The number of rotatable bonds is 0. The first-order chi connectivity index (χ1) is 16.0. The van der Waals surface area contributed by atoms with E-state index >= 15 is 0 Å². The Kier molecular flexibility index (Phi) is 1510. The van der Waals surface area contributed by atoms with Gasteiger partial charge in [0.05, 0.1) is 0 Å². The van der Waals surface area contributed by atoms with Crippen LogP contribution in [-0.4, -0.2) is 140 Å². The van der Waals surface area contributed by atoms with E-state index in [9.17, 15) is 0 Å². The van der Waals surface area contributed by atoms with Gasteiger partial charge in [0.25, 0.3) is 0 Å². The molecule has 97 heteroatoms. The molecule has 0 spiro atoms. The minimum atomic E-state index is -4.67. The van der Waals surface area contributed by atoms with E-state index in [-0.39, 0.29) is 1680 Å². The summed E-state index contributed by atoms with van der Waals surface area (Å²) in [6, 6.07) is 0. The van der Waals surface area contributed by atoms with Crippen molar-refractivity contribution in [3.63, 3.8) is 0 Å². The minimum absolute atomic E-state index is 0. The molecule has 0 bridgehead atoms. The third kappa shape index (κ3) is 1090. The molecule has 0 aromatic carbocycles. The van der Waals surface area contributed by atoms with Crippen LogP contribution in [0.5, 0.6) is 0 Å². The monoisotopic (exact) mass is 2090 g/mol. The van der Waals surface area contributed by atoms with Gasteiger partial charge in [0, 0.05) is 0 Å². The van der Waals surface area contributed by atoms with Gasteiger partial charge < -0.3 is 0 Å². The van der Waals surface area contributed by atoms with Crippen LogP contribution in [0.3, 0.4) is 0 Å². The second-order valence-corrected chi connectivity index (χ2v) is 10.7. The molecule has 32 nitrogen and oxygen atoms in total. The van der Waals surface area contributed by atoms with Gasteiger partial charge in [-0.3, -0.25) is 72.8 Å². The maximum atomic E-state index is 8.74. The summed E-state index contributed by atoms with van der Waals surface area (Å²) in [5.74, 6) is 0. The van der Waals surface area contributed by atoms with Gasteiger partial charge in [-0.05, 0) is 0 Å². The van der Waals surface area contributed by atoms with E-state index in [1.54, 1.807) is 0 Å². The van der Waals surface area contributed by atoms with E-state index in [4.69, 9.17) is 140 Å². The Bertz CT molecular complexity index is 1150. The molecule has 0 heterocycles. The first kappa shape index (κ1) is 457. The van der Waals surface area contributed by atoms with Crippen LogP contribution in [0.2, 0.25) is 0 Å². The summed E-state index contributed by atoms with van der Waals surface area (Å²) in [7, 11) is -37.3. The SMILES string of the molecule is O=S(=O)(O)O.O=S(=O)(O)O.O=S(=O)(O)O.O=S(=O)(O)O.O=S(=O)(O)O.O=S(=O)(O)O.O=S(=O)(O)O.O=S(=O)(O)O.[Na+].[Na+].[Na+].[Na+].[Na+].[Na+].[Na+].[Na+].[Na+].[Na+].[Na+].[Na+].[Na+].[Na+].[Na+].[Na+].[Na+].[Na+].[Na+].[Na+].[Na+].[Na+].[Na+].[Na+].[Na+].[Na+].[Na+].[Na+].[Na+].[Na+].[Na+].[Na+].[Na+].[Na+].[Na+].[Na+].[Na+].[Na+].[Na+].[Na+].[Na+].[Na+].[Na+].[Na+].[Na+].[Na+].[Na+].[Na+].[Na+].[Na+].[Na+].[Na+].[Na+].[Na+].[Na+].[Na+].[Na+]. The molecule has 0 amide bonds. The van der Waals surface area contributed by atoms with Gasteiger partial charge in [0.15, 0.2) is 0 Å². The van der Waals surface area contributed by atoms with E-state index in [2.05, 4.69) is 0 Å². The zero-order chi connectivity index (χ0) is 36.0. The zero-order valence-electron chi connectivity index (χ0n) is 74.0. The van der Waals surface area contributed by atoms with Gasteiger partial charge in [-0.1, -0.05) is 0 Å². The summed E-state index contributed by atoms with van der Waals surface area (Å²) in [5, 5.41) is 0. The second-order valence-electron chi connectivity index (χ2n) is 3.58. The largest absolute Gasteiger partial charge is 1.00 e. The van der Waals surface area contributed by atoms with Crippen LogP contribution >= 0.6 is 0 Å². The van der Waals surface area contributed by atoms with E-state index in [1.807, 2.05) is 0 Å². The Morgan fingerprint density at radius 3 is 0.0722 bits per heavy atom. The Morgan fingerprint density at radius 2 is 0.0722 bits per heavy atom. The fourth-order valence-electron chi connectivity index (χ4n) is 0. The summed E-state index contributed by atoms with van der Waals surface area (Å²) >= 11 is 0. The van der Waals surface area contributed by atoms with Crippen molar-refractivity contribution in [2.75, 3.05) is 0 Å². The first-order valence-corrected chi connectivity index (χ1v) is 16.8. The van der Waals surface area contributed by atoms with Crippen molar-refractivity contribution in [2.45, 2.75) is 0 Å². The molecular formula is H16Na57O32S8+57. The normalized spacial score (nSPS) is 4.78. The van der Waals surface area contributed by atoms with Crippen LogP contribution in [0.1, 0.15) is 0 Å². The van der Waals surface area contributed by atoms with Crippen LogP contribution in [0, 0.1) is 0 Å². The molecule has 0 saturated heterocycles. The van der Waals surface area contributed by atoms with E-state index < -0.39 is 83.2 Å². The van der Waals surface area contributed by atoms with Gasteiger partial charge in [-0.15, -0.1) is 0 Å². The van der Waals surface area contributed by atoms with Gasteiger partial charge >= 0.3 is 1770 Å². The quantitative estimate of drug-likeness (QED) is 0.0791. The van der Waals surface area contributed by atoms with E-state index in [0.717, 1.165) is 0 Å². The fourth-order valence-corrected chi connectivity index (χ4v) is 0. The predicted molar refractivity (Wildman–Crippen MR) is 113 cm³/mol. The molecule has 0 saturated carbocycles. The van der Waals surface area contributed by atoms with Crippen LogP contribution in [0.15, 0.2) is 0 Å². The summed E-state index contributed by atoms with van der Waals surface area (Å²) in [6.07, 6.45) is 0. The standard InChI is InChI=1S/57Na.8H2O4S/c;;;;;;;;;;;;;;;;;;;;;;;;;;;;;;;;;;;;;;;;;;;;;;;;;;;;;;;;;8*1-5(2,3)4/h;;;;;;;;;;;;;;;;;;;;;;;;;;;;;;;;;;;;;;;;;;;;;;;;;;;;;;;;;8*(H2,1,2,3,4)/q57*+1;;;;;;;;. The third-order valence-corrected chi connectivity index (χ3v) is 0. The number of hydrogen-bond donors (Lipinski definition) is 16. The van der Waals surface area contributed by atoms with E-state index in [0.29, 0.717) is 0 Å². The average Bonchev–Trinajstić information content (AvgIpc) is 2.16. The summed E-state index contributed by atoms with van der Waals surface area (Å²) < 4.78 is 253. The van der Waals surface area contributed by atoms with Crippen LogP contribution in [0.4, 0.5) is 0 Å². The van der Waals surface area contributed by atoms with Gasteiger partial charge in [-0.2, -0.15) is 67.3 Å². The molecule has 0 atom stereocenters. The molecule has 0 aromatic heterocycles. The summed E-state index contributed by atoms with van der Waals surface area (Å²) in [6.45, 7) is 0. The molecule has 0 unspecified atom stereocenters. The Hall–Kier alpha value is 56.0. The van der Waals surface area contributed by atoms with Crippen molar-refractivity contribution in [2.24, 2.45) is 0 Å². The van der Waals surface area contributed by atoms with Gasteiger partial charge in [0.2, 0.25) is 0 Å². The predicted octanol–water partition coefficient (Wildman–Crippen LogP) is -176. The van der Waals surface area contributed by atoms with Crippen molar-refractivity contribution in [3.8, 4) is 0 Å². The number of hydrogen-bond acceptors (Lipinski definition) is 16. The average molecular weight is 2100 g/mol. The van der Waals surface area contributed by atoms with Crippen LogP contribution in [-0.2, 0) is 83.2 Å². The van der Waals surface area contributed by atoms with Crippen molar-refractivity contribution in [3.05, 3.63) is 0 Å². The summed E-state index contributed by atoms with van der Waals surface area (Å²) in [4.78, 5) is 0. The van der Waals surface area contributed by atoms with Crippen molar-refractivity contribution >= 4 is 83.2 Å². The molecule has 0 aliphatic carbocycles. The molecule has 97 heavy (non-hydrogen) atoms. The van der Waals surface area contributed by atoms with Crippen LogP contribution in [0.25, 0.3) is 0 Å². The second kappa shape index (κ2) is 320. The van der Waals surface area contributed by atoms with Crippen molar-refractivity contribution in [1.29, 1.82) is 0 Å². The fraction of sp³-hybridized carbons (Fsp3) is 0. The minimum Gasteiger partial charge on any atom is -0.264 e. The maximum absolute atomic E-state index is 8.74. The molecule has 0 rings (SSSR count). The van der Waals surface area contributed by atoms with Gasteiger partial charge in [0.1, 0.15) is 0 Å². The molecule has 0 fully saturated rings. The molecule has 0 aromatic rings. The zero-order valence-corrected chi connectivity index (χ0v) is 194. The van der Waals surface area contributed by atoms with Crippen molar-refractivity contribution < 1.29 is 1820 Å².